The number of phenolic OH excluding ortho intramolecular Hbond substituents is 1. The first-order valence-electron chi connectivity index (χ1n) is 5.41. The second kappa shape index (κ2) is 5.73. The predicted molar refractivity (Wildman–Crippen MR) is 68.4 cm³/mol. The minimum atomic E-state index is -0.745. The fourth-order valence-corrected chi connectivity index (χ4v) is 1.62. The van der Waals surface area contributed by atoms with Crippen LogP contribution in [0.25, 0.3) is 0 Å². The Morgan fingerprint density at radius 3 is 2.44 bits per heavy atom. The number of carbonyl (C=O) groups is 2. The first-order valence-corrected chi connectivity index (χ1v) is 5.79. The van der Waals surface area contributed by atoms with Gasteiger partial charge in [0.1, 0.15) is 11.8 Å². The Morgan fingerprint density at radius 2 is 2.00 bits per heavy atom. The largest absolute Gasteiger partial charge is 0.506 e. The number of nitrogens with two attached hydrogens (primary N) is 1. The second-order valence-electron chi connectivity index (χ2n) is 4.26. The molecule has 1 unspecified atom stereocenters. The minimum absolute atomic E-state index is 0.0721. The summed E-state index contributed by atoms with van der Waals surface area (Å²) < 4.78 is 0. The second-order valence-corrected chi connectivity index (χ2v) is 4.67. The summed E-state index contributed by atoms with van der Waals surface area (Å²) >= 11 is 5.70. The van der Waals surface area contributed by atoms with Crippen LogP contribution in [-0.4, -0.2) is 23.0 Å². The van der Waals surface area contributed by atoms with Crippen LogP contribution < -0.4 is 11.1 Å². The minimum Gasteiger partial charge on any atom is -0.506 e. The van der Waals surface area contributed by atoms with Gasteiger partial charge in [-0.25, -0.2) is 0 Å². The summed E-state index contributed by atoms with van der Waals surface area (Å²) in [6.45, 7) is 3.55. The van der Waals surface area contributed by atoms with Crippen LogP contribution in [0.5, 0.6) is 5.75 Å². The van der Waals surface area contributed by atoms with Gasteiger partial charge in [-0.15, -0.1) is 0 Å². The first-order chi connectivity index (χ1) is 8.32. The van der Waals surface area contributed by atoms with Crippen molar-refractivity contribution in [3.63, 3.8) is 0 Å². The van der Waals surface area contributed by atoms with Gasteiger partial charge in [0.15, 0.2) is 0 Å². The number of nitrogens with one attached hydrogen (secondary N) is 1. The lowest BCUT2D eigenvalue weighted by molar-refractivity contribution is -0.120. The van der Waals surface area contributed by atoms with E-state index in [9.17, 15) is 14.7 Å². The van der Waals surface area contributed by atoms with Gasteiger partial charge in [-0.1, -0.05) is 25.4 Å². The van der Waals surface area contributed by atoms with Crippen molar-refractivity contribution in [2.24, 2.45) is 11.7 Å². The number of amides is 2. The number of benzene rings is 1. The number of halogens is 1. The van der Waals surface area contributed by atoms with Crippen LogP contribution >= 0.6 is 11.6 Å². The topological polar surface area (TPSA) is 92.4 Å². The van der Waals surface area contributed by atoms with Crippen molar-refractivity contribution in [2.75, 3.05) is 0 Å². The summed E-state index contributed by atoms with van der Waals surface area (Å²) in [5.74, 6) is -1.28. The van der Waals surface area contributed by atoms with Crippen molar-refractivity contribution in [3.05, 3.63) is 28.8 Å². The van der Waals surface area contributed by atoms with Crippen molar-refractivity contribution < 1.29 is 14.7 Å². The van der Waals surface area contributed by atoms with Gasteiger partial charge < -0.3 is 16.2 Å². The molecular weight excluding hydrogens is 256 g/mol. The fourth-order valence-electron chi connectivity index (χ4n) is 1.44. The molecule has 1 aromatic rings. The maximum atomic E-state index is 11.9. The lowest BCUT2D eigenvalue weighted by atomic mass is 10.0. The van der Waals surface area contributed by atoms with Crippen LogP contribution in [0.4, 0.5) is 0 Å². The summed E-state index contributed by atoms with van der Waals surface area (Å²) in [6, 6.07) is 3.30. The predicted octanol–water partition coefficient (Wildman–Crippen LogP) is 1.29. The van der Waals surface area contributed by atoms with Crippen molar-refractivity contribution in [1.29, 1.82) is 0 Å². The van der Waals surface area contributed by atoms with Crippen LogP contribution in [0.2, 0.25) is 5.02 Å². The van der Waals surface area contributed by atoms with Crippen molar-refractivity contribution in [2.45, 2.75) is 19.9 Å². The Hall–Kier alpha value is -1.75. The normalized spacial score (nSPS) is 12.2. The number of primary amides is 1. The molecule has 0 aromatic heterocycles. The molecule has 0 aliphatic rings. The highest BCUT2D eigenvalue weighted by atomic mass is 35.5. The molecule has 1 atom stereocenters. The fraction of sp³-hybridized carbons (Fsp3) is 0.333. The first kappa shape index (κ1) is 14.3. The van der Waals surface area contributed by atoms with Crippen molar-refractivity contribution >= 4 is 23.4 Å². The van der Waals surface area contributed by atoms with E-state index in [0.29, 0.717) is 0 Å². The van der Waals surface area contributed by atoms with Gasteiger partial charge in [0.25, 0.3) is 5.91 Å². The summed E-state index contributed by atoms with van der Waals surface area (Å²) in [4.78, 5) is 23.0. The molecule has 0 saturated heterocycles. The van der Waals surface area contributed by atoms with E-state index in [-0.39, 0.29) is 22.3 Å². The number of aromatic hydroxyl groups is 1. The van der Waals surface area contributed by atoms with Gasteiger partial charge in [-0.05, 0) is 24.1 Å². The highest BCUT2D eigenvalue weighted by Gasteiger charge is 2.22. The third kappa shape index (κ3) is 3.37. The van der Waals surface area contributed by atoms with Gasteiger partial charge in [0.2, 0.25) is 5.91 Å². The van der Waals surface area contributed by atoms with E-state index in [4.69, 9.17) is 17.3 Å². The zero-order valence-corrected chi connectivity index (χ0v) is 10.9. The van der Waals surface area contributed by atoms with Crippen LogP contribution in [0.3, 0.4) is 0 Å². The highest BCUT2D eigenvalue weighted by molar-refractivity contribution is 6.32. The van der Waals surface area contributed by atoms with Gasteiger partial charge in [-0.3, -0.25) is 9.59 Å². The van der Waals surface area contributed by atoms with Gasteiger partial charge in [0.05, 0.1) is 5.02 Å². The summed E-state index contributed by atoms with van der Waals surface area (Å²) in [5, 5.41) is 11.8. The van der Waals surface area contributed by atoms with E-state index in [1.165, 1.54) is 18.2 Å². The Bertz CT molecular complexity index is 474. The van der Waals surface area contributed by atoms with Crippen molar-refractivity contribution in [1.82, 2.24) is 5.32 Å². The maximum absolute atomic E-state index is 11.9. The molecule has 2 amide bonds. The number of hydrogen-bond acceptors (Lipinski definition) is 3. The van der Waals surface area contributed by atoms with E-state index in [2.05, 4.69) is 5.32 Å². The molecule has 0 bridgehead atoms. The molecule has 0 heterocycles. The standard InChI is InChI=1S/C12H15ClN2O3/c1-6(2)10(11(14)17)15-12(18)7-3-4-9(16)8(13)5-7/h3-6,10,16H,1-2H3,(H2,14,17)(H,15,18). The highest BCUT2D eigenvalue weighted by Crippen LogP contribution is 2.23. The summed E-state index contributed by atoms with van der Waals surface area (Å²) in [6.07, 6.45) is 0. The number of phenols is 1. The molecule has 0 saturated carbocycles. The molecular formula is C12H15ClN2O3. The van der Waals surface area contributed by atoms with Crippen LogP contribution in [0.1, 0.15) is 24.2 Å². The molecule has 6 heteroatoms. The van der Waals surface area contributed by atoms with E-state index in [1.54, 1.807) is 13.8 Å². The number of rotatable bonds is 4. The molecule has 1 aromatic carbocycles. The van der Waals surface area contributed by atoms with E-state index in [0.717, 1.165) is 0 Å². The number of carbonyl (C=O) groups excluding carboxylic acids is 2. The zero-order valence-electron chi connectivity index (χ0n) is 10.1. The lowest BCUT2D eigenvalue weighted by Crippen LogP contribution is -2.47. The molecule has 18 heavy (non-hydrogen) atoms. The molecule has 0 fully saturated rings. The van der Waals surface area contributed by atoms with Crippen LogP contribution in [0, 0.1) is 5.92 Å². The van der Waals surface area contributed by atoms with E-state index >= 15 is 0 Å². The summed E-state index contributed by atoms with van der Waals surface area (Å²) in [7, 11) is 0. The molecule has 5 nitrogen and oxygen atoms in total. The molecule has 0 aliphatic heterocycles. The molecule has 4 N–H and O–H groups in total. The monoisotopic (exact) mass is 270 g/mol. The molecule has 0 radical (unpaired) electrons. The van der Waals surface area contributed by atoms with Crippen LogP contribution in [0.15, 0.2) is 18.2 Å². The van der Waals surface area contributed by atoms with E-state index < -0.39 is 17.9 Å². The SMILES string of the molecule is CC(C)C(NC(=O)c1ccc(O)c(Cl)c1)C(N)=O. The third-order valence-electron chi connectivity index (χ3n) is 2.47. The molecule has 98 valence electrons. The van der Waals surface area contributed by atoms with Gasteiger partial charge in [0, 0.05) is 5.56 Å². The Kier molecular flexibility index (Phi) is 4.55. The van der Waals surface area contributed by atoms with Crippen molar-refractivity contribution in [3.8, 4) is 5.75 Å². The average Bonchev–Trinajstić information content (AvgIpc) is 2.28. The smallest absolute Gasteiger partial charge is 0.251 e. The van der Waals surface area contributed by atoms with E-state index in [1.807, 2.05) is 0 Å². The van der Waals surface area contributed by atoms with Gasteiger partial charge >= 0.3 is 0 Å². The maximum Gasteiger partial charge on any atom is 0.251 e. The van der Waals surface area contributed by atoms with Crippen LogP contribution in [-0.2, 0) is 4.79 Å². The molecule has 0 spiro atoms. The Morgan fingerprint density at radius 1 is 1.39 bits per heavy atom. The zero-order chi connectivity index (χ0) is 13.9. The Balaban J connectivity index is 2.87. The molecule has 0 aliphatic carbocycles. The number of hydrogen-bond donors (Lipinski definition) is 3. The quantitative estimate of drug-likeness (QED) is 0.770. The average molecular weight is 271 g/mol. The Labute approximate surface area is 110 Å². The third-order valence-corrected chi connectivity index (χ3v) is 2.77. The summed E-state index contributed by atoms with van der Waals surface area (Å²) in [5.41, 5.74) is 5.45. The molecule has 1 rings (SSSR count). The lowest BCUT2D eigenvalue weighted by Gasteiger charge is -2.18. The van der Waals surface area contributed by atoms with Gasteiger partial charge in [-0.2, -0.15) is 0 Å².